The number of carbonyl (C=O) groups excluding carboxylic acids is 2. The van der Waals surface area contributed by atoms with E-state index in [1.54, 1.807) is 0 Å². The van der Waals surface area contributed by atoms with Gasteiger partial charge in [0.25, 0.3) is 0 Å². The fraction of sp³-hybridized carbons (Fsp3) is 0.0345. The summed E-state index contributed by atoms with van der Waals surface area (Å²) in [6.45, 7) is 0. The molecule has 11 rings (SSSR count). The second kappa shape index (κ2) is 19.6. The van der Waals surface area contributed by atoms with Crippen molar-refractivity contribution in [2.45, 2.75) is 14.9 Å². The van der Waals surface area contributed by atoms with E-state index in [9.17, 15) is 9.59 Å². The maximum atomic E-state index is 12.7. The van der Waals surface area contributed by atoms with Crippen molar-refractivity contribution in [1.29, 1.82) is 0 Å². The van der Waals surface area contributed by atoms with Crippen molar-refractivity contribution in [3.63, 3.8) is 0 Å². The van der Waals surface area contributed by atoms with Crippen LogP contribution in [0.4, 0.5) is 34.1 Å². The van der Waals surface area contributed by atoms with E-state index in [1.807, 2.05) is 109 Å². The molecule has 0 saturated heterocycles. The van der Waals surface area contributed by atoms with E-state index in [1.165, 1.54) is 40.6 Å². The molecule has 312 valence electrons. The summed E-state index contributed by atoms with van der Waals surface area (Å²) in [5, 5.41) is 0. The third-order valence-corrected chi connectivity index (χ3v) is 15.7. The van der Waals surface area contributed by atoms with Gasteiger partial charge in [-0.1, -0.05) is 45.2 Å². The Balaban J connectivity index is 0.000000173. The van der Waals surface area contributed by atoms with Crippen molar-refractivity contribution in [2.24, 2.45) is 0 Å². The second-order valence-corrected chi connectivity index (χ2v) is 19.4. The van der Waals surface area contributed by atoms with Crippen LogP contribution in [0.3, 0.4) is 0 Å². The number of hydrogen-bond acceptors (Lipinski definition) is 4. The Morgan fingerprint density at radius 1 is 0.281 bits per heavy atom. The van der Waals surface area contributed by atoms with E-state index in [0.29, 0.717) is 52.2 Å². The minimum absolute atomic E-state index is 0. The molecule has 2 aliphatic heterocycles. The number of anilines is 6. The fourth-order valence-corrected chi connectivity index (χ4v) is 12.3. The molecule has 9 aromatic rings. The number of benzene rings is 9. The first-order valence-corrected chi connectivity index (χ1v) is 23.8. The Labute approximate surface area is 389 Å². The van der Waals surface area contributed by atoms with Gasteiger partial charge in [-0.25, -0.2) is 0 Å². The molecule has 9 aromatic carbocycles. The zero-order valence-electron chi connectivity index (χ0n) is 33.5. The molecule has 2 heterocycles. The van der Waals surface area contributed by atoms with Gasteiger partial charge in [-0.2, -0.15) is 0 Å². The number of rotatable bonds is 7. The van der Waals surface area contributed by atoms with Gasteiger partial charge in [0.05, 0.1) is 0 Å². The molecule has 64 heavy (non-hydrogen) atoms. The van der Waals surface area contributed by atoms with E-state index in [0.717, 1.165) is 22.5 Å². The van der Waals surface area contributed by atoms with Crippen LogP contribution in [0, 0.1) is 0 Å². The van der Waals surface area contributed by atoms with Crippen molar-refractivity contribution < 1.29 is 9.59 Å². The monoisotopic (exact) mass is 962 g/mol. The zero-order valence-corrected chi connectivity index (χ0v) is 36.9. The standard InChI is InChI=1S/C31H21NOSe.C25H17NOSe.2CH4/c33-31(24-8-2-1-3-9-24)25-16-14-22(15-17-25)23-18-20-26(21-19-23)32-27-10-4-6-12-29(27)34-30-13-7-5-11-28(30)32;27-25(18-8-2-1-3-9-18)19-14-16-20(17-15-19)26-21-10-4-6-12-23(21)28-24-13-7-5-11-22(24)26;;/h1-21H;1-17H;2*1H4. The van der Waals surface area contributed by atoms with Crippen LogP contribution in [0.15, 0.2) is 231 Å². The molecule has 0 bridgehead atoms. The van der Waals surface area contributed by atoms with Gasteiger partial charge in [0.15, 0.2) is 0 Å². The third kappa shape index (κ3) is 8.79. The number of nitrogens with zero attached hydrogens (tertiary/aromatic N) is 2. The minimum atomic E-state index is 0. The number of para-hydroxylation sites is 4. The van der Waals surface area contributed by atoms with Crippen LogP contribution in [0.25, 0.3) is 11.1 Å². The second-order valence-electron chi connectivity index (χ2n) is 14.8. The Bertz CT molecular complexity index is 2950. The Morgan fingerprint density at radius 2 is 0.531 bits per heavy atom. The summed E-state index contributed by atoms with van der Waals surface area (Å²) in [6, 6.07) is 77.9. The van der Waals surface area contributed by atoms with Gasteiger partial charge in [0.2, 0.25) is 0 Å². The van der Waals surface area contributed by atoms with Gasteiger partial charge in [-0.05, 0) is 0 Å². The molecule has 6 heteroatoms. The summed E-state index contributed by atoms with van der Waals surface area (Å²) in [4.78, 5) is 30.1. The van der Waals surface area contributed by atoms with Gasteiger partial charge < -0.3 is 0 Å². The van der Waals surface area contributed by atoms with E-state index < -0.39 is 0 Å². The quantitative estimate of drug-likeness (QED) is 0.118. The van der Waals surface area contributed by atoms with E-state index in [-0.39, 0.29) is 26.4 Å². The predicted molar refractivity (Wildman–Crippen MR) is 271 cm³/mol. The van der Waals surface area contributed by atoms with E-state index in [2.05, 4.69) is 131 Å². The van der Waals surface area contributed by atoms with Crippen LogP contribution in [0.2, 0.25) is 0 Å². The first kappa shape index (κ1) is 43.6. The van der Waals surface area contributed by atoms with Gasteiger partial charge in [-0.3, -0.25) is 4.79 Å². The van der Waals surface area contributed by atoms with Crippen LogP contribution >= 0.6 is 0 Å². The average Bonchev–Trinajstić information content (AvgIpc) is 3.35. The van der Waals surface area contributed by atoms with E-state index in [4.69, 9.17) is 0 Å². The number of fused-ring (bicyclic) bond motifs is 4. The number of ketones is 2. The summed E-state index contributed by atoms with van der Waals surface area (Å²) in [6.07, 6.45) is 0. The summed E-state index contributed by atoms with van der Waals surface area (Å²) >= 11 is 0.607. The predicted octanol–water partition coefficient (Wildman–Crippen LogP) is 11.7. The van der Waals surface area contributed by atoms with Gasteiger partial charge in [-0.15, -0.1) is 0 Å². The van der Waals surface area contributed by atoms with E-state index >= 15 is 0 Å². The summed E-state index contributed by atoms with van der Waals surface area (Å²) in [7, 11) is 0. The summed E-state index contributed by atoms with van der Waals surface area (Å²) in [5.41, 5.74) is 12.3. The molecule has 0 N–H and O–H groups in total. The molecule has 0 aliphatic carbocycles. The molecule has 4 nitrogen and oxygen atoms in total. The molecular formula is C58H46N2O2Se2. The zero-order chi connectivity index (χ0) is 41.8. The molecular weight excluding hydrogens is 915 g/mol. The van der Waals surface area contributed by atoms with Crippen LogP contribution in [-0.2, 0) is 0 Å². The third-order valence-electron chi connectivity index (χ3n) is 10.9. The molecule has 0 unspecified atom stereocenters. The molecule has 0 amide bonds. The fourth-order valence-electron chi connectivity index (χ4n) is 7.86. The van der Waals surface area contributed by atoms with Crippen molar-refractivity contribution in [2.75, 3.05) is 9.80 Å². The number of carbonyl (C=O) groups is 2. The molecule has 0 fully saturated rings. The molecule has 0 spiro atoms. The normalized spacial score (nSPS) is 11.8. The molecule has 0 saturated carbocycles. The summed E-state index contributed by atoms with van der Waals surface area (Å²) in [5.74, 6) is 0.0986. The van der Waals surface area contributed by atoms with Gasteiger partial charge in [0.1, 0.15) is 0 Å². The van der Waals surface area contributed by atoms with Crippen molar-refractivity contribution >= 4 is 93.5 Å². The van der Waals surface area contributed by atoms with Gasteiger partial charge in [0, 0.05) is 5.56 Å². The van der Waals surface area contributed by atoms with Crippen molar-refractivity contribution in [3.8, 4) is 11.1 Å². The van der Waals surface area contributed by atoms with Crippen molar-refractivity contribution in [1.82, 2.24) is 0 Å². The van der Waals surface area contributed by atoms with Crippen LogP contribution in [0.5, 0.6) is 0 Å². The van der Waals surface area contributed by atoms with Crippen LogP contribution in [0.1, 0.15) is 46.7 Å². The molecule has 0 aromatic heterocycles. The van der Waals surface area contributed by atoms with Gasteiger partial charge >= 0.3 is 336 Å². The number of hydrogen-bond donors (Lipinski definition) is 0. The first-order valence-electron chi connectivity index (χ1n) is 20.4. The Kier molecular flexibility index (Phi) is 13.3. The molecule has 0 atom stereocenters. The Hall–Kier alpha value is -7.04. The van der Waals surface area contributed by atoms with Crippen molar-refractivity contribution in [3.05, 3.63) is 253 Å². The summed E-state index contributed by atoms with van der Waals surface area (Å²) < 4.78 is 5.55. The SMILES string of the molecule is C.C.O=C(c1ccccc1)c1ccc(-c2ccc(N3c4ccccc4[Se]c4ccccc43)cc2)cc1.O=C(c1ccccc1)c1ccc(N2c3ccccc3[Se]c3ccccc32)cc1. The Morgan fingerprint density at radius 3 is 0.875 bits per heavy atom. The topological polar surface area (TPSA) is 40.6 Å². The maximum absolute atomic E-state index is 12.7. The molecule has 2 aliphatic rings. The molecule has 0 radical (unpaired) electrons. The van der Waals surface area contributed by atoms with Crippen LogP contribution in [-0.4, -0.2) is 41.5 Å². The van der Waals surface area contributed by atoms with Crippen LogP contribution < -0.4 is 27.6 Å². The first-order chi connectivity index (χ1) is 30.6. The average molecular weight is 961 g/mol.